The Hall–Kier alpha value is -0.740. The number of alkyl halides is 1. The van der Waals surface area contributed by atoms with Gasteiger partial charge in [-0.2, -0.15) is 0 Å². The number of carbonyl (C=O) groups is 1. The van der Waals surface area contributed by atoms with Gasteiger partial charge in [0.15, 0.2) is 0 Å². The van der Waals surface area contributed by atoms with Gasteiger partial charge >= 0.3 is 0 Å². The average Bonchev–Trinajstić information content (AvgIpc) is 2.44. The van der Waals surface area contributed by atoms with E-state index in [4.69, 9.17) is 16.3 Å². The molecule has 2 rings (SSSR count). The Kier molecular flexibility index (Phi) is 5.73. The van der Waals surface area contributed by atoms with Gasteiger partial charge in [0.05, 0.1) is 12.7 Å². The molecule has 2 atom stereocenters. The first-order valence-electron chi connectivity index (χ1n) is 6.86. The normalized spacial score (nSPS) is 22.4. The summed E-state index contributed by atoms with van der Waals surface area (Å²) in [7, 11) is 1.54. The topological polar surface area (TPSA) is 38.3 Å². The first kappa shape index (κ1) is 15.6. The van der Waals surface area contributed by atoms with E-state index in [-0.39, 0.29) is 5.91 Å². The van der Waals surface area contributed by atoms with Gasteiger partial charge in [-0.3, -0.25) is 4.79 Å². The number of benzene rings is 1. The van der Waals surface area contributed by atoms with Crippen LogP contribution in [0.1, 0.15) is 36.0 Å². The van der Waals surface area contributed by atoms with Crippen LogP contribution in [-0.4, -0.2) is 24.4 Å². The van der Waals surface area contributed by atoms with Gasteiger partial charge in [-0.25, -0.2) is 0 Å². The van der Waals surface area contributed by atoms with Gasteiger partial charge in [0.2, 0.25) is 0 Å². The second kappa shape index (κ2) is 7.32. The summed E-state index contributed by atoms with van der Waals surface area (Å²) in [6.45, 7) is 0.715. The number of hydrogen-bond donors (Lipinski definition) is 1. The summed E-state index contributed by atoms with van der Waals surface area (Å²) >= 11 is 9.56. The number of hydrogen-bond acceptors (Lipinski definition) is 2. The quantitative estimate of drug-likeness (QED) is 0.823. The minimum absolute atomic E-state index is 0.102. The lowest BCUT2D eigenvalue weighted by molar-refractivity contribution is 0.0941. The van der Waals surface area contributed by atoms with Crippen molar-refractivity contribution in [1.29, 1.82) is 0 Å². The average molecular weight is 361 g/mol. The molecule has 2 unspecified atom stereocenters. The lowest BCUT2D eigenvalue weighted by Gasteiger charge is -2.25. The van der Waals surface area contributed by atoms with Crippen molar-refractivity contribution in [1.82, 2.24) is 5.32 Å². The Morgan fingerprint density at radius 1 is 1.50 bits per heavy atom. The second-order valence-electron chi connectivity index (χ2n) is 5.18. The predicted octanol–water partition coefficient (Wildman–Crippen LogP) is 4.03. The maximum Gasteiger partial charge on any atom is 0.255 e. The summed E-state index contributed by atoms with van der Waals surface area (Å²) in [5.74, 6) is 0.961. The van der Waals surface area contributed by atoms with Crippen LogP contribution in [0.4, 0.5) is 0 Å². The molecule has 3 nitrogen and oxygen atoms in total. The van der Waals surface area contributed by atoms with Crippen LogP contribution < -0.4 is 10.1 Å². The van der Waals surface area contributed by atoms with E-state index in [2.05, 4.69) is 21.2 Å². The largest absolute Gasteiger partial charge is 0.496 e. The summed E-state index contributed by atoms with van der Waals surface area (Å²) in [6.07, 6.45) is 4.76. The van der Waals surface area contributed by atoms with E-state index < -0.39 is 0 Å². The molecule has 1 N–H and O–H groups in total. The molecule has 1 aliphatic rings. The molecule has 1 aromatic carbocycles. The summed E-state index contributed by atoms with van der Waals surface area (Å²) in [5.41, 5.74) is 0.531. The standard InChI is InChI=1S/C15H19BrClNO2/c1-20-14-8-12(17)5-6-13(14)15(19)18-9-10-3-2-4-11(16)7-10/h5-6,8,10-11H,2-4,7,9H2,1H3,(H,18,19). The summed E-state index contributed by atoms with van der Waals surface area (Å²) in [4.78, 5) is 12.8. The second-order valence-corrected chi connectivity index (χ2v) is 6.92. The van der Waals surface area contributed by atoms with Crippen LogP contribution in [0.5, 0.6) is 5.75 Å². The Balaban J connectivity index is 1.94. The number of ether oxygens (including phenoxy) is 1. The highest BCUT2D eigenvalue weighted by atomic mass is 79.9. The molecule has 0 heterocycles. The Morgan fingerprint density at radius 3 is 3.00 bits per heavy atom. The fraction of sp³-hybridized carbons (Fsp3) is 0.533. The number of methoxy groups -OCH3 is 1. The van der Waals surface area contributed by atoms with Gasteiger partial charge in [-0.05, 0) is 43.4 Å². The van der Waals surface area contributed by atoms with Crippen molar-refractivity contribution in [2.24, 2.45) is 5.92 Å². The maximum atomic E-state index is 12.2. The highest BCUT2D eigenvalue weighted by Gasteiger charge is 2.21. The molecule has 1 fully saturated rings. The monoisotopic (exact) mass is 359 g/mol. The van der Waals surface area contributed by atoms with Gasteiger partial charge in [0.1, 0.15) is 5.75 Å². The van der Waals surface area contributed by atoms with Crippen molar-refractivity contribution in [3.8, 4) is 5.75 Å². The van der Waals surface area contributed by atoms with Crippen LogP contribution in [0, 0.1) is 5.92 Å². The third-order valence-electron chi connectivity index (χ3n) is 3.68. The van der Waals surface area contributed by atoms with Gasteiger partial charge in [-0.15, -0.1) is 0 Å². The smallest absolute Gasteiger partial charge is 0.255 e. The molecule has 110 valence electrons. The van der Waals surface area contributed by atoms with Crippen molar-refractivity contribution >= 4 is 33.4 Å². The highest BCUT2D eigenvalue weighted by Crippen LogP contribution is 2.28. The fourth-order valence-corrected chi connectivity index (χ4v) is 3.61. The van der Waals surface area contributed by atoms with E-state index in [1.54, 1.807) is 25.3 Å². The molecule has 1 amide bonds. The molecule has 20 heavy (non-hydrogen) atoms. The zero-order chi connectivity index (χ0) is 14.5. The molecule has 0 bridgehead atoms. The van der Waals surface area contributed by atoms with Crippen molar-refractivity contribution in [3.05, 3.63) is 28.8 Å². The SMILES string of the molecule is COc1cc(Cl)ccc1C(=O)NCC1CCCC(Br)C1. The summed E-state index contributed by atoms with van der Waals surface area (Å²) < 4.78 is 5.20. The van der Waals surface area contributed by atoms with E-state index in [1.165, 1.54) is 19.3 Å². The Morgan fingerprint density at radius 2 is 2.30 bits per heavy atom. The van der Waals surface area contributed by atoms with Crippen molar-refractivity contribution in [2.45, 2.75) is 30.5 Å². The van der Waals surface area contributed by atoms with E-state index in [0.29, 0.717) is 33.6 Å². The van der Waals surface area contributed by atoms with Crippen LogP contribution in [0.2, 0.25) is 5.02 Å². The molecule has 0 radical (unpaired) electrons. The first-order chi connectivity index (χ1) is 9.60. The molecular weight excluding hydrogens is 342 g/mol. The molecule has 0 aromatic heterocycles. The minimum Gasteiger partial charge on any atom is -0.496 e. The van der Waals surface area contributed by atoms with E-state index in [1.807, 2.05) is 0 Å². The molecule has 1 aliphatic carbocycles. The van der Waals surface area contributed by atoms with E-state index >= 15 is 0 Å². The zero-order valence-electron chi connectivity index (χ0n) is 11.5. The fourth-order valence-electron chi connectivity index (χ4n) is 2.60. The highest BCUT2D eigenvalue weighted by molar-refractivity contribution is 9.09. The minimum atomic E-state index is -0.102. The molecule has 1 saturated carbocycles. The lowest BCUT2D eigenvalue weighted by Crippen LogP contribution is -2.32. The van der Waals surface area contributed by atoms with Crippen molar-refractivity contribution < 1.29 is 9.53 Å². The van der Waals surface area contributed by atoms with Gasteiger partial charge in [0.25, 0.3) is 5.91 Å². The number of nitrogens with one attached hydrogen (secondary N) is 1. The van der Waals surface area contributed by atoms with Crippen molar-refractivity contribution in [3.63, 3.8) is 0 Å². The maximum absolute atomic E-state index is 12.2. The first-order valence-corrected chi connectivity index (χ1v) is 8.15. The van der Waals surface area contributed by atoms with Crippen LogP contribution in [-0.2, 0) is 0 Å². The van der Waals surface area contributed by atoms with Gasteiger partial charge in [-0.1, -0.05) is 34.0 Å². The third-order valence-corrected chi connectivity index (χ3v) is 4.75. The van der Waals surface area contributed by atoms with Gasteiger partial charge in [0, 0.05) is 16.4 Å². The lowest BCUT2D eigenvalue weighted by atomic mass is 9.89. The molecular formula is C15H19BrClNO2. The zero-order valence-corrected chi connectivity index (χ0v) is 13.8. The number of carbonyl (C=O) groups excluding carboxylic acids is 1. The van der Waals surface area contributed by atoms with E-state index in [9.17, 15) is 4.79 Å². The molecule has 0 spiro atoms. The van der Waals surface area contributed by atoms with Crippen LogP contribution in [0.3, 0.4) is 0 Å². The van der Waals surface area contributed by atoms with Crippen molar-refractivity contribution in [2.75, 3.05) is 13.7 Å². The number of halogens is 2. The Bertz CT molecular complexity index is 481. The molecule has 1 aromatic rings. The van der Waals surface area contributed by atoms with Gasteiger partial charge < -0.3 is 10.1 Å². The Labute approximate surface area is 133 Å². The molecule has 5 heteroatoms. The molecule has 0 saturated heterocycles. The molecule has 0 aliphatic heterocycles. The van der Waals surface area contributed by atoms with E-state index in [0.717, 1.165) is 6.42 Å². The summed E-state index contributed by atoms with van der Waals surface area (Å²) in [5, 5.41) is 3.56. The number of amides is 1. The van der Waals surface area contributed by atoms with Crippen LogP contribution >= 0.6 is 27.5 Å². The van der Waals surface area contributed by atoms with Crippen LogP contribution in [0.15, 0.2) is 18.2 Å². The summed E-state index contributed by atoms with van der Waals surface area (Å²) in [6, 6.07) is 5.06. The van der Waals surface area contributed by atoms with Crippen LogP contribution in [0.25, 0.3) is 0 Å². The predicted molar refractivity (Wildman–Crippen MR) is 85.0 cm³/mol. The third kappa shape index (κ3) is 4.13. The number of rotatable bonds is 4.